The lowest BCUT2D eigenvalue weighted by molar-refractivity contribution is -0.137. The summed E-state index contributed by atoms with van der Waals surface area (Å²) in [6.07, 6.45) is -4.41. The van der Waals surface area contributed by atoms with E-state index in [2.05, 4.69) is 10.6 Å². The fraction of sp³-hybridized carbons (Fsp3) is 0.444. The van der Waals surface area contributed by atoms with Gasteiger partial charge >= 0.3 is 6.18 Å². The largest absolute Gasteiger partial charge is 0.416 e. The number of halogens is 3. The summed E-state index contributed by atoms with van der Waals surface area (Å²) in [6, 6.07) is 4.13. The van der Waals surface area contributed by atoms with E-state index in [1.807, 2.05) is 20.8 Å². The number of carbonyl (C=O) groups is 1. The molecular formula is C18H22F3N3OS. The van der Waals surface area contributed by atoms with Gasteiger partial charge in [0.15, 0.2) is 5.11 Å². The van der Waals surface area contributed by atoms with E-state index >= 15 is 0 Å². The molecule has 1 aliphatic heterocycles. The third-order valence-electron chi connectivity index (χ3n) is 4.06. The highest BCUT2D eigenvalue weighted by Gasteiger charge is 2.35. The molecular weight excluding hydrogens is 363 g/mol. The molecule has 1 heterocycles. The number of allylic oxidation sites excluding steroid dienone is 1. The minimum absolute atomic E-state index is 0.290. The fourth-order valence-corrected chi connectivity index (χ4v) is 2.91. The van der Waals surface area contributed by atoms with Crippen molar-refractivity contribution in [3.8, 4) is 0 Å². The third kappa shape index (κ3) is 4.35. The second kappa shape index (κ2) is 6.90. The van der Waals surface area contributed by atoms with Gasteiger partial charge in [-0.25, -0.2) is 0 Å². The SMILES string of the molecule is CC1=C(C(=O)NC(C)(C)C)[C@H](c2ccc(C(F)(F)F)cc2)NC(=S)N1C. The Hall–Kier alpha value is -2.09. The monoisotopic (exact) mass is 385 g/mol. The van der Waals surface area contributed by atoms with Gasteiger partial charge in [-0.15, -0.1) is 0 Å². The molecule has 2 rings (SSSR count). The summed E-state index contributed by atoms with van der Waals surface area (Å²) in [5, 5.41) is 6.35. The molecule has 0 bridgehead atoms. The van der Waals surface area contributed by atoms with E-state index in [9.17, 15) is 18.0 Å². The Labute approximate surface area is 156 Å². The average molecular weight is 385 g/mol. The summed E-state index contributed by atoms with van der Waals surface area (Å²) in [6.45, 7) is 7.34. The zero-order chi connectivity index (χ0) is 19.9. The quantitative estimate of drug-likeness (QED) is 0.761. The summed E-state index contributed by atoms with van der Waals surface area (Å²) in [4.78, 5) is 14.5. The summed E-state index contributed by atoms with van der Waals surface area (Å²) in [5.41, 5.74) is 0.423. The molecule has 0 spiro atoms. The number of nitrogens with zero attached hydrogens (tertiary/aromatic N) is 1. The highest BCUT2D eigenvalue weighted by Crippen LogP contribution is 2.33. The number of hydrogen-bond acceptors (Lipinski definition) is 2. The Morgan fingerprint density at radius 2 is 1.73 bits per heavy atom. The van der Waals surface area contributed by atoms with Gasteiger partial charge < -0.3 is 15.5 Å². The van der Waals surface area contributed by atoms with Gasteiger partial charge in [0, 0.05) is 18.3 Å². The first kappa shape index (κ1) is 20.2. The van der Waals surface area contributed by atoms with E-state index in [0.717, 1.165) is 12.1 Å². The van der Waals surface area contributed by atoms with Crippen LogP contribution in [0.25, 0.3) is 0 Å². The summed E-state index contributed by atoms with van der Waals surface area (Å²) >= 11 is 5.29. The van der Waals surface area contributed by atoms with Crippen molar-refractivity contribution in [3.05, 3.63) is 46.7 Å². The molecule has 4 nitrogen and oxygen atoms in total. The molecule has 1 amide bonds. The van der Waals surface area contributed by atoms with E-state index in [1.165, 1.54) is 12.1 Å². The summed E-state index contributed by atoms with van der Waals surface area (Å²) in [5.74, 6) is -0.290. The maximum Gasteiger partial charge on any atom is 0.416 e. The first-order valence-electron chi connectivity index (χ1n) is 8.06. The normalized spacial score (nSPS) is 18.7. The molecule has 142 valence electrons. The number of benzene rings is 1. The van der Waals surface area contributed by atoms with Crippen molar-refractivity contribution in [1.29, 1.82) is 0 Å². The Morgan fingerprint density at radius 3 is 2.19 bits per heavy atom. The lowest BCUT2D eigenvalue weighted by Crippen LogP contribution is -2.50. The van der Waals surface area contributed by atoms with Crippen LogP contribution in [0.3, 0.4) is 0 Å². The molecule has 0 radical (unpaired) electrons. The van der Waals surface area contributed by atoms with Gasteiger partial charge in [0.2, 0.25) is 0 Å². The maximum absolute atomic E-state index is 12.8. The molecule has 26 heavy (non-hydrogen) atoms. The molecule has 0 aromatic heterocycles. The smallest absolute Gasteiger partial charge is 0.351 e. The maximum atomic E-state index is 12.8. The molecule has 0 aliphatic carbocycles. The predicted octanol–water partition coefficient (Wildman–Crippen LogP) is 3.76. The standard InChI is InChI=1S/C18H22F3N3OS/c1-10-13(15(25)23-17(2,3)4)14(22-16(26)24(10)5)11-6-8-12(9-7-11)18(19,20)21/h6-9,14H,1-5H3,(H,22,26)(H,23,25)/t14-/m0/s1. The third-order valence-corrected chi connectivity index (χ3v) is 4.45. The first-order valence-corrected chi connectivity index (χ1v) is 8.47. The zero-order valence-electron chi connectivity index (χ0n) is 15.3. The molecule has 1 aromatic rings. The van der Waals surface area contributed by atoms with Crippen LogP contribution in [0.15, 0.2) is 35.5 Å². The Bertz CT molecular complexity index is 748. The van der Waals surface area contributed by atoms with E-state index in [0.29, 0.717) is 21.9 Å². The topological polar surface area (TPSA) is 44.4 Å². The zero-order valence-corrected chi connectivity index (χ0v) is 16.1. The number of thiocarbonyl (C=S) groups is 1. The van der Waals surface area contributed by atoms with Gasteiger partial charge in [0.25, 0.3) is 5.91 Å². The highest BCUT2D eigenvalue weighted by molar-refractivity contribution is 7.80. The van der Waals surface area contributed by atoms with Crippen molar-refractivity contribution >= 4 is 23.2 Å². The van der Waals surface area contributed by atoms with Crippen LogP contribution in [0.2, 0.25) is 0 Å². The van der Waals surface area contributed by atoms with Crippen LogP contribution in [0.1, 0.15) is 44.9 Å². The summed E-state index contributed by atoms with van der Waals surface area (Å²) < 4.78 is 38.4. The fourth-order valence-electron chi connectivity index (χ4n) is 2.65. The number of amides is 1. The number of carbonyl (C=O) groups excluding carboxylic acids is 1. The Morgan fingerprint density at radius 1 is 1.19 bits per heavy atom. The van der Waals surface area contributed by atoms with Crippen molar-refractivity contribution < 1.29 is 18.0 Å². The Kier molecular flexibility index (Phi) is 5.37. The van der Waals surface area contributed by atoms with Crippen LogP contribution in [0.5, 0.6) is 0 Å². The molecule has 0 saturated heterocycles. The lowest BCUT2D eigenvalue weighted by atomic mass is 9.93. The van der Waals surface area contributed by atoms with Crippen molar-refractivity contribution in [3.63, 3.8) is 0 Å². The van der Waals surface area contributed by atoms with Crippen molar-refractivity contribution in [2.45, 2.75) is 45.5 Å². The van der Waals surface area contributed by atoms with E-state index in [4.69, 9.17) is 12.2 Å². The molecule has 8 heteroatoms. The number of nitrogens with one attached hydrogen (secondary N) is 2. The van der Waals surface area contributed by atoms with Crippen LogP contribution >= 0.6 is 12.2 Å². The lowest BCUT2D eigenvalue weighted by Gasteiger charge is -2.36. The van der Waals surface area contributed by atoms with Crippen LogP contribution in [0.4, 0.5) is 13.2 Å². The van der Waals surface area contributed by atoms with Crippen molar-refractivity contribution in [2.75, 3.05) is 7.05 Å². The van der Waals surface area contributed by atoms with E-state index in [-0.39, 0.29) is 5.91 Å². The number of alkyl halides is 3. The molecule has 1 aromatic carbocycles. The average Bonchev–Trinajstić information content (AvgIpc) is 2.49. The molecule has 0 unspecified atom stereocenters. The van der Waals surface area contributed by atoms with E-state index < -0.39 is 23.3 Å². The molecule has 0 fully saturated rings. The molecule has 0 saturated carbocycles. The Balaban J connectivity index is 2.47. The predicted molar refractivity (Wildman–Crippen MR) is 98.3 cm³/mol. The van der Waals surface area contributed by atoms with Gasteiger partial charge in [0.1, 0.15) is 0 Å². The van der Waals surface area contributed by atoms with Crippen molar-refractivity contribution in [1.82, 2.24) is 15.5 Å². The van der Waals surface area contributed by atoms with Crippen LogP contribution < -0.4 is 10.6 Å². The van der Waals surface area contributed by atoms with Gasteiger partial charge in [-0.1, -0.05) is 12.1 Å². The van der Waals surface area contributed by atoms with Gasteiger partial charge in [-0.05, 0) is 57.6 Å². The molecule has 1 atom stereocenters. The minimum atomic E-state index is -4.41. The van der Waals surface area contributed by atoms with E-state index in [1.54, 1.807) is 18.9 Å². The summed E-state index contributed by atoms with van der Waals surface area (Å²) in [7, 11) is 1.73. The second-order valence-corrected chi connectivity index (χ2v) is 7.65. The molecule has 2 N–H and O–H groups in total. The van der Waals surface area contributed by atoms with Gasteiger partial charge in [0.05, 0.1) is 17.2 Å². The second-order valence-electron chi connectivity index (χ2n) is 7.26. The van der Waals surface area contributed by atoms with Crippen LogP contribution in [-0.2, 0) is 11.0 Å². The van der Waals surface area contributed by atoms with Gasteiger partial charge in [-0.2, -0.15) is 13.2 Å². The minimum Gasteiger partial charge on any atom is -0.351 e. The van der Waals surface area contributed by atoms with Crippen LogP contribution in [-0.4, -0.2) is 28.5 Å². The van der Waals surface area contributed by atoms with Crippen LogP contribution in [0, 0.1) is 0 Å². The van der Waals surface area contributed by atoms with Crippen molar-refractivity contribution in [2.24, 2.45) is 0 Å². The number of hydrogen-bond donors (Lipinski definition) is 2. The first-order chi connectivity index (χ1) is 11.8. The molecule has 1 aliphatic rings. The number of rotatable bonds is 2. The van der Waals surface area contributed by atoms with Gasteiger partial charge in [-0.3, -0.25) is 4.79 Å². The highest BCUT2D eigenvalue weighted by atomic mass is 32.1.